The van der Waals surface area contributed by atoms with Gasteiger partial charge in [0.25, 0.3) is 0 Å². The van der Waals surface area contributed by atoms with Crippen LogP contribution in [0.2, 0.25) is 0 Å². The van der Waals surface area contributed by atoms with Gasteiger partial charge >= 0.3 is 0 Å². The zero-order valence-corrected chi connectivity index (χ0v) is 9.96. The quantitative estimate of drug-likeness (QED) is 0.645. The lowest BCUT2D eigenvalue weighted by molar-refractivity contribution is 0.263. The Morgan fingerprint density at radius 3 is 2.21 bits per heavy atom. The van der Waals surface area contributed by atoms with Crippen molar-refractivity contribution in [3.63, 3.8) is 0 Å². The fraction of sp³-hybridized carbons (Fsp3) is 0.833. The smallest absolute Gasteiger partial charge is 0.0585 e. The number of aliphatic hydroxyl groups is 1. The number of hydrogen-bond donors (Lipinski definition) is 2. The molecule has 2 heteroatoms. The second kappa shape index (κ2) is 7.02. The molecule has 0 radical (unpaired) electrons. The minimum absolute atomic E-state index is 0.0751. The van der Waals surface area contributed by atoms with Crippen molar-refractivity contribution < 1.29 is 5.11 Å². The van der Waals surface area contributed by atoms with Gasteiger partial charge in [-0.05, 0) is 24.7 Å². The largest absolute Gasteiger partial charge is 0.395 e. The van der Waals surface area contributed by atoms with Crippen LogP contribution in [0.3, 0.4) is 0 Å². The van der Waals surface area contributed by atoms with E-state index in [1.165, 1.54) is 5.57 Å². The van der Waals surface area contributed by atoms with E-state index < -0.39 is 0 Å². The maximum atomic E-state index is 8.89. The van der Waals surface area contributed by atoms with Crippen molar-refractivity contribution >= 4 is 0 Å². The number of nitrogens with two attached hydrogens (primary N) is 1. The Labute approximate surface area is 88.2 Å². The highest BCUT2D eigenvalue weighted by molar-refractivity contribution is 5.07. The molecule has 0 aliphatic rings. The maximum absolute atomic E-state index is 8.89. The molecule has 0 fully saturated rings. The Morgan fingerprint density at radius 2 is 1.86 bits per heavy atom. The lowest BCUT2D eigenvalue weighted by Gasteiger charge is -2.16. The van der Waals surface area contributed by atoms with Crippen LogP contribution < -0.4 is 5.73 Å². The molecule has 0 saturated carbocycles. The molecule has 3 N–H and O–H groups in total. The van der Waals surface area contributed by atoms with Crippen LogP contribution in [-0.2, 0) is 0 Å². The van der Waals surface area contributed by atoms with Crippen LogP contribution in [0.4, 0.5) is 0 Å². The van der Waals surface area contributed by atoms with Gasteiger partial charge in [-0.2, -0.15) is 0 Å². The summed E-state index contributed by atoms with van der Waals surface area (Å²) in [5.41, 5.74) is 7.10. The van der Waals surface area contributed by atoms with Gasteiger partial charge in [-0.1, -0.05) is 39.3 Å². The lowest BCUT2D eigenvalue weighted by Crippen LogP contribution is -2.25. The molecule has 0 bridgehead atoms. The average Bonchev–Trinajstić information content (AvgIpc) is 2.10. The van der Waals surface area contributed by atoms with Crippen LogP contribution in [0.1, 0.15) is 40.5 Å². The van der Waals surface area contributed by atoms with Crippen LogP contribution in [0.25, 0.3) is 0 Å². The molecule has 1 unspecified atom stereocenters. The number of allylic oxidation sites excluding steroid dienone is 1. The first-order valence-electron chi connectivity index (χ1n) is 5.52. The Balaban J connectivity index is 4.21. The van der Waals surface area contributed by atoms with Crippen LogP contribution >= 0.6 is 0 Å². The summed E-state index contributed by atoms with van der Waals surface area (Å²) >= 11 is 0. The molecule has 2 nitrogen and oxygen atoms in total. The van der Waals surface area contributed by atoms with Crippen molar-refractivity contribution in [1.82, 2.24) is 0 Å². The van der Waals surface area contributed by atoms with Gasteiger partial charge in [0.1, 0.15) is 0 Å². The Bertz CT molecular complexity index is 173. The van der Waals surface area contributed by atoms with Crippen LogP contribution in [-0.4, -0.2) is 17.8 Å². The molecule has 0 aromatic heterocycles. The van der Waals surface area contributed by atoms with E-state index in [-0.39, 0.29) is 12.6 Å². The molecular formula is C12H25NO. The van der Waals surface area contributed by atoms with E-state index in [1.54, 1.807) is 0 Å². The van der Waals surface area contributed by atoms with Crippen molar-refractivity contribution in [2.45, 2.75) is 46.6 Å². The minimum Gasteiger partial charge on any atom is -0.395 e. The lowest BCUT2D eigenvalue weighted by atomic mass is 9.94. The van der Waals surface area contributed by atoms with Crippen LogP contribution in [0.15, 0.2) is 11.6 Å². The van der Waals surface area contributed by atoms with Crippen molar-refractivity contribution in [3.05, 3.63) is 11.6 Å². The number of aliphatic hydroxyl groups excluding tert-OH is 1. The molecular weight excluding hydrogens is 174 g/mol. The van der Waals surface area contributed by atoms with Gasteiger partial charge in [0, 0.05) is 6.04 Å². The van der Waals surface area contributed by atoms with E-state index in [1.807, 2.05) is 0 Å². The summed E-state index contributed by atoms with van der Waals surface area (Å²) in [7, 11) is 0. The fourth-order valence-electron chi connectivity index (χ4n) is 1.31. The molecule has 0 rings (SSSR count). The third kappa shape index (κ3) is 6.17. The Morgan fingerprint density at radius 1 is 1.29 bits per heavy atom. The monoisotopic (exact) mass is 199 g/mol. The minimum atomic E-state index is -0.101. The van der Waals surface area contributed by atoms with Gasteiger partial charge in [0.2, 0.25) is 0 Å². The fourth-order valence-corrected chi connectivity index (χ4v) is 1.31. The number of rotatable bonds is 6. The number of hydrogen-bond acceptors (Lipinski definition) is 2. The Kier molecular flexibility index (Phi) is 6.85. The van der Waals surface area contributed by atoms with E-state index >= 15 is 0 Å². The molecule has 0 aromatic carbocycles. The van der Waals surface area contributed by atoms with Gasteiger partial charge in [0.05, 0.1) is 6.61 Å². The second-order valence-electron chi connectivity index (χ2n) is 4.71. The molecule has 1 atom stereocenters. The van der Waals surface area contributed by atoms with E-state index in [4.69, 9.17) is 10.8 Å². The van der Waals surface area contributed by atoms with Crippen molar-refractivity contribution in [2.24, 2.45) is 17.6 Å². The van der Waals surface area contributed by atoms with Gasteiger partial charge in [-0.3, -0.25) is 0 Å². The summed E-state index contributed by atoms with van der Waals surface area (Å²) in [4.78, 5) is 0. The van der Waals surface area contributed by atoms with Crippen molar-refractivity contribution in [1.29, 1.82) is 0 Å². The summed E-state index contributed by atoms with van der Waals surface area (Å²) in [6.45, 7) is 8.85. The zero-order valence-electron chi connectivity index (χ0n) is 9.96. The molecule has 0 spiro atoms. The second-order valence-corrected chi connectivity index (χ2v) is 4.71. The molecule has 0 aliphatic carbocycles. The first kappa shape index (κ1) is 13.7. The highest BCUT2D eigenvalue weighted by Crippen LogP contribution is 2.17. The van der Waals surface area contributed by atoms with Gasteiger partial charge in [0.15, 0.2) is 0 Å². The summed E-state index contributed by atoms with van der Waals surface area (Å²) in [5.74, 6) is 1.22. The molecule has 0 heterocycles. The summed E-state index contributed by atoms with van der Waals surface area (Å²) in [6, 6.07) is -0.101. The van der Waals surface area contributed by atoms with E-state index in [0.717, 1.165) is 12.8 Å². The van der Waals surface area contributed by atoms with Crippen LogP contribution in [0.5, 0.6) is 0 Å². The predicted molar refractivity (Wildman–Crippen MR) is 62.1 cm³/mol. The zero-order chi connectivity index (χ0) is 11.1. The highest BCUT2D eigenvalue weighted by Gasteiger charge is 2.08. The molecule has 14 heavy (non-hydrogen) atoms. The normalized spacial score (nSPS) is 15.3. The maximum Gasteiger partial charge on any atom is 0.0585 e. The summed E-state index contributed by atoms with van der Waals surface area (Å²) < 4.78 is 0. The summed E-state index contributed by atoms with van der Waals surface area (Å²) in [6.07, 6.45) is 4.21. The van der Waals surface area contributed by atoms with Crippen LogP contribution in [0, 0.1) is 11.8 Å². The molecule has 0 saturated heterocycles. The van der Waals surface area contributed by atoms with Crippen molar-refractivity contribution in [3.8, 4) is 0 Å². The average molecular weight is 199 g/mol. The predicted octanol–water partition coefficient (Wildman–Crippen LogP) is 2.32. The molecule has 0 aliphatic heterocycles. The molecule has 0 amide bonds. The van der Waals surface area contributed by atoms with Gasteiger partial charge < -0.3 is 10.8 Å². The SMILES string of the molecule is CC(C)C/C=C(/CC(N)CO)C(C)C. The first-order chi connectivity index (χ1) is 6.47. The van der Waals surface area contributed by atoms with Gasteiger partial charge in [-0.25, -0.2) is 0 Å². The van der Waals surface area contributed by atoms with E-state index in [0.29, 0.717) is 11.8 Å². The molecule has 0 aromatic rings. The topological polar surface area (TPSA) is 46.2 Å². The first-order valence-corrected chi connectivity index (χ1v) is 5.52. The van der Waals surface area contributed by atoms with Gasteiger partial charge in [-0.15, -0.1) is 0 Å². The van der Waals surface area contributed by atoms with E-state index in [9.17, 15) is 0 Å². The third-order valence-corrected chi connectivity index (χ3v) is 2.33. The highest BCUT2D eigenvalue weighted by atomic mass is 16.3. The van der Waals surface area contributed by atoms with Crippen molar-refractivity contribution in [2.75, 3.05) is 6.61 Å². The summed E-state index contributed by atoms with van der Waals surface area (Å²) in [5, 5.41) is 8.89. The Hall–Kier alpha value is -0.340. The standard InChI is InChI=1S/C12H25NO/c1-9(2)5-6-11(10(3)4)7-12(13)8-14/h6,9-10,12,14H,5,7-8,13H2,1-4H3/b11-6-. The third-order valence-electron chi connectivity index (χ3n) is 2.33. The van der Waals surface area contributed by atoms with E-state index in [2.05, 4.69) is 33.8 Å². The molecule has 84 valence electrons.